The molecule has 0 aliphatic rings. The Labute approximate surface area is 130 Å². The van der Waals surface area contributed by atoms with Gasteiger partial charge in [-0.25, -0.2) is 0 Å². The van der Waals surface area contributed by atoms with Gasteiger partial charge in [-0.3, -0.25) is 4.79 Å². The summed E-state index contributed by atoms with van der Waals surface area (Å²) in [5.41, 5.74) is 0. The molecule has 3 heteroatoms. The molecule has 0 heterocycles. The number of rotatable bonds is 14. The van der Waals surface area contributed by atoms with Crippen molar-refractivity contribution in [2.24, 2.45) is 0 Å². The Kier molecular flexibility index (Phi) is 22.4. The Bertz CT molecular complexity index is 237. The molecule has 0 spiro atoms. The van der Waals surface area contributed by atoms with E-state index in [9.17, 15) is 9.59 Å². The van der Waals surface area contributed by atoms with Crippen molar-refractivity contribution in [3.8, 4) is 0 Å². The summed E-state index contributed by atoms with van der Waals surface area (Å²) in [6.07, 6.45) is 16.7. The van der Waals surface area contributed by atoms with Gasteiger partial charge < -0.3 is 9.90 Å². The quantitative estimate of drug-likeness (QED) is 0.260. The van der Waals surface area contributed by atoms with Crippen LogP contribution in [0.1, 0.15) is 90.4 Å². The number of aliphatic carboxylic acids is 1. The molecule has 0 rings (SSSR count). The third-order valence-corrected chi connectivity index (χ3v) is 3.22. The van der Waals surface area contributed by atoms with E-state index in [-0.39, 0.29) is 0 Å². The van der Waals surface area contributed by atoms with Crippen LogP contribution >= 0.6 is 0 Å². The number of carbonyl (C=O) groups is 2. The maximum absolute atomic E-state index is 10.2. The lowest BCUT2D eigenvalue weighted by Gasteiger charge is -1.98. The SMILES string of the molecule is C=CCCCCCCCCC(=O)O.CCCCCCC=O. The fraction of sp³-hybridized carbons (Fsp3) is 0.778. The number of hydrogen-bond donors (Lipinski definition) is 1. The summed E-state index contributed by atoms with van der Waals surface area (Å²) in [4.78, 5) is 19.9. The van der Waals surface area contributed by atoms with E-state index in [0.29, 0.717) is 6.42 Å². The van der Waals surface area contributed by atoms with Gasteiger partial charge in [-0.2, -0.15) is 0 Å². The van der Waals surface area contributed by atoms with E-state index in [2.05, 4.69) is 13.5 Å². The Morgan fingerprint density at radius 2 is 1.43 bits per heavy atom. The van der Waals surface area contributed by atoms with Crippen molar-refractivity contribution in [2.45, 2.75) is 90.4 Å². The number of carboxylic acid groups (broad SMARTS) is 1. The van der Waals surface area contributed by atoms with Crippen molar-refractivity contribution in [2.75, 3.05) is 0 Å². The smallest absolute Gasteiger partial charge is 0.303 e. The van der Waals surface area contributed by atoms with Gasteiger partial charge in [-0.1, -0.05) is 57.9 Å². The fourth-order valence-corrected chi connectivity index (χ4v) is 1.93. The van der Waals surface area contributed by atoms with Crippen molar-refractivity contribution in [3.63, 3.8) is 0 Å². The van der Waals surface area contributed by atoms with Crippen LogP contribution in [-0.2, 0) is 9.59 Å². The van der Waals surface area contributed by atoms with Gasteiger partial charge in [0.25, 0.3) is 0 Å². The van der Waals surface area contributed by atoms with Crippen LogP contribution in [0.15, 0.2) is 12.7 Å². The van der Waals surface area contributed by atoms with Gasteiger partial charge in [0.05, 0.1) is 0 Å². The molecule has 0 radical (unpaired) electrons. The predicted molar refractivity (Wildman–Crippen MR) is 89.6 cm³/mol. The number of aldehydes is 1. The van der Waals surface area contributed by atoms with Crippen molar-refractivity contribution in [1.29, 1.82) is 0 Å². The van der Waals surface area contributed by atoms with Crippen LogP contribution in [0.3, 0.4) is 0 Å². The number of unbranched alkanes of at least 4 members (excludes halogenated alkanes) is 10. The van der Waals surface area contributed by atoms with E-state index in [1.807, 2.05) is 6.08 Å². The van der Waals surface area contributed by atoms with Crippen LogP contribution in [-0.4, -0.2) is 17.4 Å². The minimum Gasteiger partial charge on any atom is -0.481 e. The molecule has 0 aliphatic carbocycles. The topological polar surface area (TPSA) is 54.4 Å². The molecule has 0 unspecified atom stereocenters. The molecule has 1 N–H and O–H groups in total. The van der Waals surface area contributed by atoms with Gasteiger partial charge in [-0.05, 0) is 25.7 Å². The second-order valence-corrected chi connectivity index (χ2v) is 5.36. The monoisotopic (exact) mass is 298 g/mol. The largest absolute Gasteiger partial charge is 0.481 e. The summed E-state index contributed by atoms with van der Waals surface area (Å²) < 4.78 is 0. The van der Waals surface area contributed by atoms with Crippen molar-refractivity contribution in [3.05, 3.63) is 12.7 Å². The zero-order valence-corrected chi connectivity index (χ0v) is 13.8. The van der Waals surface area contributed by atoms with Gasteiger partial charge in [0.15, 0.2) is 0 Å². The molecule has 0 saturated heterocycles. The molecule has 21 heavy (non-hydrogen) atoms. The normalized spacial score (nSPS) is 9.57. The summed E-state index contributed by atoms with van der Waals surface area (Å²) in [6.45, 7) is 5.83. The first-order chi connectivity index (χ1) is 10.2. The van der Waals surface area contributed by atoms with Crippen LogP contribution in [0.5, 0.6) is 0 Å². The minimum atomic E-state index is -0.674. The van der Waals surface area contributed by atoms with Crippen molar-refractivity contribution in [1.82, 2.24) is 0 Å². The molecule has 0 aromatic heterocycles. The molecule has 0 amide bonds. The molecule has 0 aromatic rings. The highest BCUT2D eigenvalue weighted by Gasteiger charge is 1.95. The Balaban J connectivity index is 0. The van der Waals surface area contributed by atoms with E-state index in [0.717, 1.165) is 38.4 Å². The van der Waals surface area contributed by atoms with E-state index in [4.69, 9.17) is 5.11 Å². The summed E-state index contributed by atoms with van der Waals surface area (Å²) in [5.74, 6) is -0.674. The Hall–Kier alpha value is -1.12. The molecule has 0 aromatic carbocycles. The minimum absolute atomic E-state index is 0.326. The molecule has 124 valence electrons. The summed E-state index contributed by atoms with van der Waals surface area (Å²) in [6, 6.07) is 0. The average Bonchev–Trinajstić information content (AvgIpc) is 2.47. The molecule has 0 fully saturated rings. The molecule has 0 bridgehead atoms. The standard InChI is InChI=1S/C11H20O2.C7H14O/c1-2-3-4-5-6-7-8-9-10-11(12)13;1-2-3-4-5-6-7-8/h2H,1,3-10H2,(H,12,13);7H,2-6H2,1H3. The molecular weight excluding hydrogens is 264 g/mol. The van der Waals surface area contributed by atoms with Gasteiger partial charge >= 0.3 is 5.97 Å². The Morgan fingerprint density at radius 1 is 0.905 bits per heavy atom. The number of carbonyl (C=O) groups excluding carboxylic acids is 1. The highest BCUT2D eigenvalue weighted by atomic mass is 16.4. The third kappa shape index (κ3) is 27.9. The number of carboxylic acids is 1. The van der Waals surface area contributed by atoms with Gasteiger partial charge in [0.2, 0.25) is 0 Å². The van der Waals surface area contributed by atoms with Crippen LogP contribution in [0, 0.1) is 0 Å². The van der Waals surface area contributed by atoms with E-state index >= 15 is 0 Å². The molecular formula is C18H34O3. The molecule has 3 nitrogen and oxygen atoms in total. The Morgan fingerprint density at radius 3 is 1.95 bits per heavy atom. The fourth-order valence-electron chi connectivity index (χ4n) is 1.93. The molecule has 0 saturated carbocycles. The second-order valence-electron chi connectivity index (χ2n) is 5.36. The highest BCUT2D eigenvalue weighted by Crippen LogP contribution is 2.08. The lowest BCUT2D eigenvalue weighted by Crippen LogP contribution is -1.93. The first kappa shape index (κ1) is 22.2. The van der Waals surface area contributed by atoms with E-state index < -0.39 is 5.97 Å². The molecule has 0 atom stereocenters. The lowest BCUT2D eigenvalue weighted by molar-refractivity contribution is -0.137. The van der Waals surface area contributed by atoms with Crippen LogP contribution in [0.25, 0.3) is 0 Å². The summed E-state index contributed by atoms with van der Waals surface area (Å²) in [7, 11) is 0. The highest BCUT2D eigenvalue weighted by molar-refractivity contribution is 5.66. The molecule has 0 aliphatic heterocycles. The summed E-state index contributed by atoms with van der Waals surface area (Å²) >= 11 is 0. The lowest BCUT2D eigenvalue weighted by atomic mass is 10.1. The summed E-state index contributed by atoms with van der Waals surface area (Å²) in [5, 5.41) is 8.38. The zero-order valence-electron chi connectivity index (χ0n) is 13.8. The van der Waals surface area contributed by atoms with Crippen LogP contribution in [0.4, 0.5) is 0 Å². The first-order valence-corrected chi connectivity index (χ1v) is 8.45. The zero-order chi connectivity index (χ0) is 16.2. The maximum Gasteiger partial charge on any atom is 0.303 e. The van der Waals surface area contributed by atoms with Crippen LogP contribution < -0.4 is 0 Å². The number of hydrogen-bond acceptors (Lipinski definition) is 2. The van der Waals surface area contributed by atoms with Crippen molar-refractivity contribution < 1.29 is 14.7 Å². The van der Waals surface area contributed by atoms with Crippen molar-refractivity contribution >= 4 is 12.3 Å². The van der Waals surface area contributed by atoms with E-state index in [1.165, 1.54) is 44.9 Å². The average molecular weight is 298 g/mol. The first-order valence-electron chi connectivity index (χ1n) is 8.45. The van der Waals surface area contributed by atoms with Gasteiger partial charge in [0, 0.05) is 12.8 Å². The van der Waals surface area contributed by atoms with E-state index in [1.54, 1.807) is 0 Å². The number of allylic oxidation sites excluding steroid dienone is 1. The second kappa shape index (κ2) is 21.2. The van der Waals surface area contributed by atoms with Gasteiger partial charge in [0.1, 0.15) is 6.29 Å². The maximum atomic E-state index is 10.2. The van der Waals surface area contributed by atoms with Crippen LogP contribution in [0.2, 0.25) is 0 Å². The predicted octanol–water partition coefficient (Wildman–Crippen LogP) is 5.53. The third-order valence-electron chi connectivity index (χ3n) is 3.22. The van der Waals surface area contributed by atoms with Gasteiger partial charge in [-0.15, -0.1) is 6.58 Å².